The molecule has 0 aromatic heterocycles. The van der Waals surface area contributed by atoms with E-state index in [0.29, 0.717) is 34.5 Å². The van der Waals surface area contributed by atoms with Gasteiger partial charge in [0, 0.05) is 16.7 Å². The fourth-order valence-electron chi connectivity index (χ4n) is 6.26. The first-order valence-electron chi connectivity index (χ1n) is 20.0. The maximum Gasteiger partial charge on any atom is 0.530 e. The molecule has 9 aromatic carbocycles. The lowest BCUT2D eigenvalue weighted by atomic mass is 10.1. The Morgan fingerprint density at radius 2 is 0.403 bits per heavy atom. The first-order chi connectivity index (χ1) is 30.7. The molecule has 0 spiro atoms. The fraction of sp³-hybridized carbons (Fsp3) is 0. The monoisotopic (exact) mass is 848 g/mol. The minimum absolute atomic E-state index is 0.689. The molecule has 0 fully saturated rings. The van der Waals surface area contributed by atoms with E-state index in [1.807, 2.05) is 218 Å². The summed E-state index contributed by atoms with van der Waals surface area (Å²) in [6, 6.07) is 83.0. The summed E-state index contributed by atoms with van der Waals surface area (Å²) in [7, 11) is -3.50. The Morgan fingerprint density at radius 3 is 0.677 bits per heavy atom. The van der Waals surface area contributed by atoms with E-state index in [9.17, 15) is 0 Å². The highest BCUT2D eigenvalue weighted by Gasteiger charge is 2.25. The molecule has 0 aliphatic heterocycles. The molecule has 6 nitrogen and oxygen atoms in total. The third kappa shape index (κ3) is 11.7. The molecule has 9 aromatic rings. The predicted molar refractivity (Wildman–Crippen MR) is 253 cm³/mol. The van der Waals surface area contributed by atoms with Gasteiger partial charge in [0.25, 0.3) is 0 Å². The Morgan fingerprint density at radius 1 is 0.194 bits per heavy atom. The summed E-state index contributed by atoms with van der Waals surface area (Å²) in [5.74, 6) is 4.19. The Bertz CT molecular complexity index is 2390. The highest BCUT2D eigenvalue weighted by atomic mass is 31.2. The van der Waals surface area contributed by atoms with Crippen LogP contribution in [0.25, 0.3) is 33.4 Å². The van der Waals surface area contributed by atoms with Crippen molar-refractivity contribution in [1.82, 2.24) is 0 Å². The van der Waals surface area contributed by atoms with Crippen LogP contribution in [0.1, 0.15) is 0 Å². The standard InChI is InChI=1S/C36H27O3P.C18H15O3P/c1-4-16-28(17-5-1)31-22-10-13-25-34(31)37-40(38-35-26-14-11-23-32(35)29-18-6-2-7-19-29)39-36-27-15-12-24-33(36)30-20-8-3-9-21-30;1-4-10-16(11-5-1)19-22(20-17-12-6-2-7-13-17)21-18-14-8-3-9-15-18/h1-27H;1-15H. The summed E-state index contributed by atoms with van der Waals surface area (Å²) in [4.78, 5) is 0. The van der Waals surface area contributed by atoms with Crippen LogP contribution in [0.4, 0.5) is 0 Å². The van der Waals surface area contributed by atoms with Gasteiger partial charge in [-0.25, -0.2) is 0 Å². The molecule has 9 rings (SSSR count). The lowest BCUT2D eigenvalue weighted by molar-refractivity contribution is 0.387. The molecular weight excluding hydrogens is 807 g/mol. The summed E-state index contributed by atoms with van der Waals surface area (Å²) < 4.78 is 37.4. The van der Waals surface area contributed by atoms with E-state index in [0.717, 1.165) is 33.4 Å². The lowest BCUT2D eigenvalue weighted by Gasteiger charge is -2.22. The van der Waals surface area contributed by atoms with E-state index in [-0.39, 0.29) is 0 Å². The Hall–Kier alpha value is -7.36. The topological polar surface area (TPSA) is 55.4 Å². The van der Waals surface area contributed by atoms with Crippen LogP contribution in [0.2, 0.25) is 0 Å². The van der Waals surface area contributed by atoms with Gasteiger partial charge in [-0.05, 0) is 71.3 Å². The second-order valence-corrected chi connectivity index (χ2v) is 15.5. The number of rotatable bonds is 15. The molecule has 0 heterocycles. The molecule has 304 valence electrons. The van der Waals surface area contributed by atoms with Crippen molar-refractivity contribution in [3.63, 3.8) is 0 Å². The van der Waals surface area contributed by atoms with Crippen molar-refractivity contribution in [1.29, 1.82) is 0 Å². The van der Waals surface area contributed by atoms with Crippen LogP contribution in [0, 0.1) is 0 Å². The van der Waals surface area contributed by atoms with E-state index >= 15 is 0 Å². The number of hydrogen-bond donors (Lipinski definition) is 0. The van der Waals surface area contributed by atoms with Gasteiger partial charge in [0.2, 0.25) is 0 Å². The van der Waals surface area contributed by atoms with E-state index in [2.05, 4.69) is 36.4 Å². The van der Waals surface area contributed by atoms with Crippen molar-refractivity contribution in [2.75, 3.05) is 0 Å². The molecule has 62 heavy (non-hydrogen) atoms. The summed E-state index contributed by atoms with van der Waals surface area (Å²) in [5, 5.41) is 0. The molecule has 0 aliphatic rings. The number of hydrogen-bond acceptors (Lipinski definition) is 6. The molecule has 0 atom stereocenters. The van der Waals surface area contributed by atoms with Crippen LogP contribution >= 0.6 is 17.2 Å². The molecule has 8 heteroatoms. The van der Waals surface area contributed by atoms with Gasteiger partial charge in [0.15, 0.2) is 0 Å². The minimum atomic E-state index is -1.91. The van der Waals surface area contributed by atoms with Gasteiger partial charge in [0.1, 0.15) is 34.5 Å². The first kappa shape index (κ1) is 41.4. The number of benzene rings is 9. The normalized spacial score (nSPS) is 10.5. The largest absolute Gasteiger partial charge is 0.530 e. The van der Waals surface area contributed by atoms with Crippen molar-refractivity contribution < 1.29 is 27.1 Å². The van der Waals surface area contributed by atoms with Crippen LogP contribution in [0.15, 0.2) is 255 Å². The maximum atomic E-state index is 6.61. The maximum absolute atomic E-state index is 6.61. The van der Waals surface area contributed by atoms with Gasteiger partial charge in [-0.3, -0.25) is 0 Å². The molecule has 0 saturated carbocycles. The average Bonchev–Trinajstić information content (AvgIpc) is 3.34. The molecule has 0 radical (unpaired) electrons. The lowest BCUT2D eigenvalue weighted by Crippen LogP contribution is -2.04. The van der Waals surface area contributed by atoms with Crippen LogP contribution in [-0.2, 0) is 0 Å². The van der Waals surface area contributed by atoms with E-state index in [1.54, 1.807) is 0 Å². The molecule has 0 amide bonds. The van der Waals surface area contributed by atoms with Gasteiger partial charge >= 0.3 is 17.2 Å². The summed E-state index contributed by atoms with van der Waals surface area (Å²) in [6.07, 6.45) is 0. The van der Waals surface area contributed by atoms with Crippen molar-refractivity contribution >= 4 is 17.2 Å². The van der Waals surface area contributed by atoms with Gasteiger partial charge < -0.3 is 27.1 Å². The summed E-state index contributed by atoms with van der Waals surface area (Å²) in [6.45, 7) is 0. The highest BCUT2D eigenvalue weighted by Crippen LogP contribution is 2.49. The van der Waals surface area contributed by atoms with Crippen LogP contribution in [-0.4, -0.2) is 0 Å². The zero-order chi connectivity index (χ0) is 42.0. The van der Waals surface area contributed by atoms with Crippen molar-refractivity contribution in [3.8, 4) is 67.9 Å². The molecule has 0 saturated heterocycles. The van der Waals surface area contributed by atoms with Gasteiger partial charge in [0.05, 0.1) is 0 Å². The van der Waals surface area contributed by atoms with E-state index in [4.69, 9.17) is 27.1 Å². The second kappa shape index (κ2) is 21.8. The quantitative estimate of drug-likeness (QED) is 0.0958. The van der Waals surface area contributed by atoms with Crippen LogP contribution in [0.5, 0.6) is 34.5 Å². The SMILES string of the molecule is c1ccc(-c2ccccc2OP(Oc2ccccc2-c2ccccc2)Oc2ccccc2-c2ccccc2)cc1.c1ccc(OP(Oc2ccccc2)Oc2ccccc2)cc1. The van der Waals surface area contributed by atoms with Crippen LogP contribution in [0.3, 0.4) is 0 Å². The van der Waals surface area contributed by atoms with Crippen LogP contribution < -0.4 is 27.1 Å². The van der Waals surface area contributed by atoms with Gasteiger partial charge in [-0.2, -0.15) is 0 Å². The van der Waals surface area contributed by atoms with Crippen molar-refractivity contribution in [3.05, 3.63) is 255 Å². The summed E-state index contributed by atoms with van der Waals surface area (Å²) in [5.41, 5.74) is 6.08. The Labute approximate surface area is 365 Å². The molecule has 0 aliphatic carbocycles. The fourth-order valence-corrected chi connectivity index (χ4v) is 8.33. The summed E-state index contributed by atoms with van der Waals surface area (Å²) >= 11 is 0. The Kier molecular flexibility index (Phi) is 14.5. The third-order valence-corrected chi connectivity index (χ3v) is 11.3. The molecule has 0 N–H and O–H groups in total. The van der Waals surface area contributed by atoms with Gasteiger partial charge in [-0.1, -0.05) is 200 Å². The average molecular weight is 849 g/mol. The smallest absolute Gasteiger partial charge is 0.409 e. The van der Waals surface area contributed by atoms with Gasteiger partial charge in [-0.15, -0.1) is 0 Å². The van der Waals surface area contributed by atoms with E-state index < -0.39 is 17.2 Å². The predicted octanol–water partition coefficient (Wildman–Crippen LogP) is 15.9. The Balaban J connectivity index is 0.000000203. The molecule has 0 bridgehead atoms. The van der Waals surface area contributed by atoms with Crippen molar-refractivity contribution in [2.24, 2.45) is 0 Å². The first-order valence-corrected chi connectivity index (χ1v) is 22.2. The number of para-hydroxylation sites is 6. The zero-order valence-corrected chi connectivity index (χ0v) is 35.4. The van der Waals surface area contributed by atoms with E-state index in [1.165, 1.54) is 0 Å². The minimum Gasteiger partial charge on any atom is -0.409 e. The third-order valence-electron chi connectivity index (χ3n) is 9.20. The zero-order valence-electron chi connectivity index (χ0n) is 33.6. The molecule has 0 unspecified atom stereocenters. The highest BCUT2D eigenvalue weighted by molar-refractivity contribution is 7.43. The molecular formula is C54H42O6P2. The van der Waals surface area contributed by atoms with Crippen molar-refractivity contribution in [2.45, 2.75) is 0 Å². The second-order valence-electron chi connectivity index (χ2n) is 13.5.